The van der Waals surface area contributed by atoms with Crippen LogP contribution in [0, 0.1) is 11.3 Å². The Morgan fingerprint density at radius 3 is 2.36 bits per heavy atom. The molecule has 2 bridgehead atoms. The molecule has 3 fully saturated rings. The van der Waals surface area contributed by atoms with Crippen LogP contribution >= 0.6 is 0 Å². The van der Waals surface area contributed by atoms with Crippen molar-refractivity contribution < 1.29 is 5.11 Å². The van der Waals surface area contributed by atoms with Crippen LogP contribution in [0.5, 0.6) is 0 Å². The second-order valence-electron chi connectivity index (χ2n) is 4.83. The van der Waals surface area contributed by atoms with E-state index in [-0.39, 0.29) is 5.60 Å². The van der Waals surface area contributed by atoms with Crippen LogP contribution in [-0.4, -0.2) is 10.7 Å². The molecule has 3 rings (SSSR count). The molecule has 3 aliphatic rings. The van der Waals surface area contributed by atoms with Gasteiger partial charge in [0.05, 0.1) is 5.60 Å². The third-order valence-corrected chi connectivity index (χ3v) is 4.75. The molecule has 0 aromatic heterocycles. The average Bonchev–Trinajstić information content (AvgIpc) is 2.50. The van der Waals surface area contributed by atoms with Crippen LogP contribution in [-0.2, 0) is 0 Å². The van der Waals surface area contributed by atoms with Crippen molar-refractivity contribution in [3.63, 3.8) is 0 Å². The Morgan fingerprint density at radius 2 is 1.73 bits per heavy atom. The lowest BCUT2D eigenvalue weighted by Crippen LogP contribution is -2.37. The normalized spacial score (nSPS) is 60.3. The van der Waals surface area contributed by atoms with Crippen molar-refractivity contribution in [2.75, 3.05) is 0 Å². The van der Waals surface area contributed by atoms with E-state index < -0.39 is 0 Å². The van der Waals surface area contributed by atoms with Crippen LogP contribution in [0.3, 0.4) is 0 Å². The van der Waals surface area contributed by atoms with Crippen molar-refractivity contribution in [3.05, 3.63) is 0 Å². The zero-order valence-electron chi connectivity index (χ0n) is 6.97. The van der Waals surface area contributed by atoms with Gasteiger partial charge in [-0.05, 0) is 56.3 Å². The molecule has 1 atom stereocenters. The first-order valence-electron chi connectivity index (χ1n) is 4.99. The minimum atomic E-state index is -0.187. The van der Waals surface area contributed by atoms with Crippen molar-refractivity contribution in [2.45, 2.75) is 50.5 Å². The fraction of sp³-hybridized carbons (Fsp3) is 1.00. The molecule has 0 amide bonds. The highest BCUT2D eigenvalue weighted by Crippen LogP contribution is 2.67. The summed E-state index contributed by atoms with van der Waals surface area (Å²) in [5, 5.41) is 10.4. The van der Waals surface area contributed by atoms with Gasteiger partial charge in [-0.1, -0.05) is 0 Å². The SMILES string of the molecule is OC12CCCC13CCC2CC3. The summed E-state index contributed by atoms with van der Waals surface area (Å²) in [6, 6.07) is 0. The van der Waals surface area contributed by atoms with Gasteiger partial charge in [-0.25, -0.2) is 0 Å². The van der Waals surface area contributed by atoms with Crippen LogP contribution in [0.15, 0.2) is 0 Å². The maximum absolute atomic E-state index is 10.4. The maximum Gasteiger partial charge on any atom is 0.0731 e. The summed E-state index contributed by atoms with van der Waals surface area (Å²) in [6.45, 7) is 0. The van der Waals surface area contributed by atoms with Gasteiger partial charge in [0.2, 0.25) is 0 Å². The summed E-state index contributed by atoms with van der Waals surface area (Å²) in [5.41, 5.74) is 0.227. The van der Waals surface area contributed by atoms with Crippen LogP contribution in [0.25, 0.3) is 0 Å². The van der Waals surface area contributed by atoms with Gasteiger partial charge >= 0.3 is 0 Å². The molecule has 1 N–H and O–H groups in total. The van der Waals surface area contributed by atoms with Gasteiger partial charge in [-0.15, -0.1) is 0 Å². The summed E-state index contributed by atoms with van der Waals surface area (Å²) in [5.74, 6) is 0.685. The molecule has 0 aromatic carbocycles. The monoisotopic (exact) mass is 152 g/mol. The lowest BCUT2D eigenvalue weighted by atomic mass is 9.78. The number of rotatable bonds is 0. The Morgan fingerprint density at radius 1 is 1.00 bits per heavy atom. The Hall–Kier alpha value is -0.0400. The first-order valence-corrected chi connectivity index (χ1v) is 4.99. The maximum atomic E-state index is 10.4. The molecule has 1 nitrogen and oxygen atoms in total. The molecule has 1 unspecified atom stereocenters. The summed E-state index contributed by atoms with van der Waals surface area (Å²) in [4.78, 5) is 0. The van der Waals surface area contributed by atoms with Gasteiger partial charge in [0, 0.05) is 0 Å². The Balaban J connectivity index is 2.10. The molecular weight excluding hydrogens is 136 g/mol. The highest BCUT2D eigenvalue weighted by Gasteiger charge is 2.65. The van der Waals surface area contributed by atoms with Gasteiger partial charge < -0.3 is 5.11 Å². The summed E-state index contributed by atoms with van der Waals surface area (Å²) in [7, 11) is 0. The topological polar surface area (TPSA) is 20.2 Å². The summed E-state index contributed by atoms with van der Waals surface area (Å²) >= 11 is 0. The van der Waals surface area contributed by atoms with Gasteiger partial charge in [0.15, 0.2) is 0 Å². The van der Waals surface area contributed by atoms with Crippen molar-refractivity contribution >= 4 is 0 Å². The number of hydrogen-bond acceptors (Lipinski definition) is 1. The highest BCUT2D eigenvalue weighted by molar-refractivity contribution is 5.16. The Bertz CT molecular complexity index is 180. The molecule has 11 heavy (non-hydrogen) atoms. The number of aliphatic hydroxyl groups is 1. The summed E-state index contributed by atoms with van der Waals surface area (Å²) in [6.07, 6.45) is 9.00. The van der Waals surface area contributed by atoms with E-state index in [1.807, 2.05) is 0 Å². The van der Waals surface area contributed by atoms with E-state index >= 15 is 0 Å². The third-order valence-electron chi connectivity index (χ3n) is 4.75. The third kappa shape index (κ3) is 0.516. The molecule has 0 heterocycles. The van der Waals surface area contributed by atoms with Crippen LogP contribution < -0.4 is 0 Å². The van der Waals surface area contributed by atoms with E-state index in [2.05, 4.69) is 0 Å². The molecular formula is C10H16O. The quantitative estimate of drug-likeness (QED) is 0.563. The van der Waals surface area contributed by atoms with Crippen molar-refractivity contribution in [1.82, 2.24) is 0 Å². The van der Waals surface area contributed by atoms with Gasteiger partial charge in [0.1, 0.15) is 0 Å². The molecule has 0 spiro atoms. The Labute approximate surface area is 67.8 Å². The number of hydrogen-bond donors (Lipinski definition) is 1. The lowest BCUT2D eigenvalue weighted by Gasteiger charge is -2.32. The fourth-order valence-electron chi connectivity index (χ4n) is 4.15. The van der Waals surface area contributed by atoms with Gasteiger partial charge in [-0.3, -0.25) is 0 Å². The van der Waals surface area contributed by atoms with E-state index in [0.717, 1.165) is 6.42 Å². The van der Waals surface area contributed by atoms with E-state index in [1.165, 1.54) is 38.5 Å². The van der Waals surface area contributed by atoms with Gasteiger partial charge in [-0.2, -0.15) is 0 Å². The smallest absolute Gasteiger partial charge is 0.0731 e. The predicted molar refractivity (Wildman–Crippen MR) is 43.2 cm³/mol. The van der Waals surface area contributed by atoms with Crippen LogP contribution in [0.2, 0.25) is 0 Å². The van der Waals surface area contributed by atoms with Crippen molar-refractivity contribution in [2.24, 2.45) is 11.3 Å². The minimum absolute atomic E-state index is 0.187. The van der Waals surface area contributed by atoms with E-state index in [4.69, 9.17) is 0 Å². The zero-order valence-corrected chi connectivity index (χ0v) is 6.97. The molecule has 0 aliphatic heterocycles. The Kier molecular flexibility index (Phi) is 0.976. The second kappa shape index (κ2) is 1.66. The van der Waals surface area contributed by atoms with E-state index in [9.17, 15) is 5.11 Å². The van der Waals surface area contributed by atoms with Crippen molar-refractivity contribution in [3.8, 4) is 0 Å². The first kappa shape index (κ1) is 6.47. The largest absolute Gasteiger partial charge is 0.389 e. The molecule has 3 aliphatic carbocycles. The van der Waals surface area contributed by atoms with Crippen molar-refractivity contribution in [1.29, 1.82) is 0 Å². The summed E-state index contributed by atoms with van der Waals surface area (Å²) < 4.78 is 0. The molecule has 62 valence electrons. The van der Waals surface area contributed by atoms with E-state index in [1.54, 1.807) is 0 Å². The average molecular weight is 152 g/mol. The lowest BCUT2D eigenvalue weighted by molar-refractivity contribution is -0.0341. The zero-order chi connectivity index (χ0) is 7.53. The second-order valence-corrected chi connectivity index (χ2v) is 4.83. The minimum Gasteiger partial charge on any atom is -0.389 e. The molecule has 0 aromatic rings. The van der Waals surface area contributed by atoms with Gasteiger partial charge in [0.25, 0.3) is 0 Å². The van der Waals surface area contributed by atoms with E-state index in [0.29, 0.717) is 11.3 Å². The fourth-order valence-corrected chi connectivity index (χ4v) is 4.15. The predicted octanol–water partition coefficient (Wildman–Crippen LogP) is 2.09. The molecule has 3 saturated carbocycles. The van der Waals surface area contributed by atoms with Crippen LogP contribution in [0.4, 0.5) is 0 Å². The highest BCUT2D eigenvalue weighted by atomic mass is 16.3. The van der Waals surface area contributed by atoms with Crippen LogP contribution in [0.1, 0.15) is 44.9 Å². The molecule has 0 saturated heterocycles. The molecule has 0 radical (unpaired) electrons. The first-order chi connectivity index (χ1) is 5.27. The standard InChI is InChI=1S/C10H16O/c11-10-5-1-4-9(10)6-2-8(10)3-7-9/h8,11H,1-7H2. The molecule has 1 heteroatoms.